The van der Waals surface area contributed by atoms with Crippen molar-refractivity contribution in [2.75, 3.05) is 63.9 Å². The lowest BCUT2D eigenvalue weighted by Crippen LogP contribution is -2.29. The van der Waals surface area contributed by atoms with Crippen LogP contribution in [0, 0.1) is 0 Å². The predicted octanol–water partition coefficient (Wildman–Crippen LogP) is 3.68. The number of hydrogen-bond donors (Lipinski definition) is 3. The molecule has 0 fully saturated rings. The van der Waals surface area contributed by atoms with Gasteiger partial charge in [-0.3, -0.25) is 0 Å². The van der Waals surface area contributed by atoms with Crippen LogP contribution in [0.25, 0.3) is 0 Å². The monoisotopic (exact) mass is 480 g/mol. The molecule has 1 heterocycles. The molecule has 0 saturated heterocycles. The second kappa shape index (κ2) is 12.2. The molecule has 0 amide bonds. The van der Waals surface area contributed by atoms with E-state index in [0.717, 1.165) is 30.9 Å². The van der Waals surface area contributed by atoms with Crippen LogP contribution in [0.1, 0.15) is 30.7 Å². The van der Waals surface area contributed by atoms with Gasteiger partial charge in [0.15, 0.2) is 0 Å². The molecule has 0 bridgehead atoms. The number of methoxy groups -OCH3 is 1. The summed E-state index contributed by atoms with van der Waals surface area (Å²) in [5.41, 5.74) is 9.67. The fourth-order valence-electron chi connectivity index (χ4n) is 3.50. The maximum absolute atomic E-state index is 10.9. The molecule has 9 heteroatoms. The zero-order valence-electron chi connectivity index (χ0n) is 21.2. The highest BCUT2D eigenvalue weighted by atomic mass is 16.5. The molecule has 0 aliphatic carbocycles. The molecule has 35 heavy (non-hydrogen) atoms. The molecule has 0 aliphatic rings. The smallest absolute Gasteiger partial charge is 0.227 e. The first-order valence-corrected chi connectivity index (χ1v) is 11.7. The third kappa shape index (κ3) is 6.97. The van der Waals surface area contributed by atoms with Crippen LogP contribution in [0.5, 0.6) is 11.5 Å². The average molecular weight is 481 g/mol. The van der Waals surface area contributed by atoms with Crippen LogP contribution in [0.2, 0.25) is 0 Å². The molecule has 188 valence electrons. The van der Waals surface area contributed by atoms with Crippen molar-refractivity contribution in [3.63, 3.8) is 0 Å². The van der Waals surface area contributed by atoms with Crippen LogP contribution >= 0.6 is 0 Å². The van der Waals surface area contributed by atoms with E-state index in [1.54, 1.807) is 19.4 Å². The van der Waals surface area contributed by atoms with Gasteiger partial charge in [0, 0.05) is 32.4 Å². The molecule has 1 atom stereocenters. The van der Waals surface area contributed by atoms with Gasteiger partial charge in [0.1, 0.15) is 17.6 Å². The maximum atomic E-state index is 10.9. The molecule has 0 aliphatic heterocycles. The van der Waals surface area contributed by atoms with Gasteiger partial charge in [-0.15, -0.1) is 0 Å². The summed E-state index contributed by atoms with van der Waals surface area (Å²) in [5, 5.41) is 14.0. The number of benzene rings is 2. The number of hydrogen-bond acceptors (Lipinski definition) is 9. The SMILES string of the molecule is CCCOc1ccc(C(O)c2ccnc(Nc3cc(N)c(N(C)CCN(C)C)cc3OC)n2)cc1. The van der Waals surface area contributed by atoms with E-state index in [9.17, 15) is 5.11 Å². The molecular formula is C26H36N6O3. The molecule has 2 aromatic carbocycles. The number of rotatable bonds is 12. The summed E-state index contributed by atoms with van der Waals surface area (Å²) in [5.74, 6) is 1.72. The van der Waals surface area contributed by atoms with E-state index < -0.39 is 6.10 Å². The van der Waals surface area contributed by atoms with Crippen molar-refractivity contribution in [3.05, 3.63) is 59.9 Å². The number of anilines is 4. The summed E-state index contributed by atoms with van der Waals surface area (Å²) in [6, 6.07) is 12.8. The van der Waals surface area contributed by atoms with Gasteiger partial charge in [0.25, 0.3) is 0 Å². The first-order chi connectivity index (χ1) is 16.8. The van der Waals surface area contributed by atoms with Crippen molar-refractivity contribution >= 4 is 23.0 Å². The summed E-state index contributed by atoms with van der Waals surface area (Å²) in [4.78, 5) is 13.0. The number of ether oxygens (including phenoxy) is 2. The third-order valence-electron chi connectivity index (χ3n) is 5.52. The zero-order valence-corrected chi connectivity index (χ0v) is 21.2. The van der Waals surface area contributed by atoms with Crippen molar-refractivity contribution < 1.29 is 14.6 Å². The van der Waals surface area contributed by atoms with Crippen molar-refractivity contribution in [1.29, 1.82) is 0 Å². The van der Waals surface area contributed by atoms with Crippen molar-refractivity contribution in [3.8, 4) is 11.5 Å². The molecule has 3 rings (SSSR count). The molecule has 9 nitrogen and oxygen atoms in total. The molecule has 0 saturated carbocycles. The average Bonchev–Trinajstić information content (AvgIpc) is 2.86. The first-order valence-electron chi connectivity index (χ1n) is 11.7. The topological polar surface area (TPSA) is 109 Å². The van der Waals surface area contributed by atoms with Gasteiger partial charge in [0.2, 0.25) is 5.95 Å². The minimum atomic E-state index is -0.904. The maximum Gasteiger partial charge on any atom is 0.227 e. The highest BCUT2D eigenvalue weighted by Crippen LogP contribution is 2.36. The number of nitrogens with two attached hydrogens (primary N) is 1. The van der Waals surface area contributed by atoms with Crippen molar-refractivity contribution in [1.82, 2.24) is 14.9 Å². The largest absolute Gasteiger partial charge is 0.494 e. The van der Waals surface area contributed by atoms with Crippen LogP contribution in [0.3, 0.4) is 0 Å². The van der Waals surface area contributed by atoms with E-state index in [4.69, 9.17) is 15.2 Å². The van der Waals surface area contributed by atoms with E-state index in [2.05, 4.69) is 32.0 Å². The van der Waals surface area contributed by atoms with E-state index >= 15 is 0 Å². The summed E-state index contributed by atoms with van der Waals surface area (Å²) in [6.45, 7) is 4.43. The minimum Gasteiger partial charge on any atom is -0.494 e. The molecule has 0 spiro atoms. The van der Waals surface area contributed by atoms with E-state index in [1.165, 1.54) is 0 Å². The number of nitrogens with one attached hydrogen (secondary N) is 1. The van der Waals surface area contributed by atoms with Gasteiger partial charge < -0.3 is 35.4 Å². The van der Waals surface area contributed by atoms with Crippen molar-refractivity contribution in [2.45, 2.75) is 19.4 Å². The van der Waals surface area contributed by atoms with Crippen LogP contribution in [0.15, 0.2) is 48.7 Å². The van der Waals surface area contributed by atoms with Gasteiger partial charge in [-0.25, -0.2) is 9.97 Å². The van der Waals surface area contributed by atoms with Crippen molar-refractivity contribution in [2.24, 2.45) is 0 Å². The Morgan fingerprint density at radius 1 is 1.09 bits per heavy atom. The lowest BCUT2D eigenvalue weighted by atomic mass is 10.1. The Morgan fingerprint density at radius 2 is 1.83 bits per heavy atom. The van der Waals surface area contributed by atoms with E-state index in [-0.39, 0.29) is 0 Å². The molecular weight excluding hydrogens is 444 g/mol. The Kier molecular flexibility index (Phi) is 9.11. The lowest BCUT2D eigenvalue weighted by molar-refractivity contribution is 0.215. The van der Waals surface area contributed by atoms with Crippen LogP contribution in [-0.4, -0.2) is 67.9 Å². The Hall–Kier alpha value is -3.56. The van der Waals surface area contributed by atoms with Gasteiger partial charge >= 0.3 is 0 Å². The van der Waals surface area contributed by atoms with Gasteiger partial charge in [-0.05, 0) is 50.3 Å². The highest BCUT2D eigenvalue weighted by Gasteiger charge is 2.16. The summed E-state index contributed by atoms with van der Waals surface area (Å²) in [6.07, 6.45) is 1.64. The Labute approximate surface area is 207 Å². The fraction of sp³-hybridized carbons (Fsp3) is 0.385. The van der Waals surface area contributed by atoms with Gasteiger partial charge in [-0.2, -0.15) is 0 Å². The number of aliphatic hydroxyl groups is 1. The van der Waals surface area contributed by atoms with E-state index in [0.29, 0.717) is 40.9 Å². The zero-order chi connectivity index (χ0) is 25.4. The predicted molar refractivity (Wildman–Crippen MR) is 141 cm³/mol. The Morgan fingerprint density at radius 3 is 2.49 bits per heavy atom. The fourth-order valence-corrected chi connectivity index (χ4v) is 3.50. The quantitative estimate of drug-likeness (QED) is 0.334. The Bertz CT molecular complexity index is 1090. The Balaban J connectivity index is 1.78. The molecule has 4 N–H and O–H groups in total. The van der Waals surface area contributed by atoms with Crippen LogP contribution < -0.4 is 25.4 Å². The van der Waals surface area contributed by atoms with Gasteiger partial charge in [-0.1, -0.05) is 19.1 Å². The summed E-state index contributed by atoms with van der Waals surface area (Å²) >= 11 is 0. The normalized spacial score (nSPS) is 11.9. The van der Waals surface area contributed by atoms with Crippen LogP contribution in [0.4, 0.5) is 23.0 Å². The molecule has 1 unspecified atom stereocenters. The summed E-state index contributed by atoms with van der Waals surface area (Å²) < 4.78 is 11.2. The number of nitrogen functional groups attached to an aromatic ring is 1. The first kappa shape index (κ1) is 26.1. The second-order valence-electron chi connectivity index (χ2n) is 8.59. The van der Waals surface area contributed by atoms with E-state index in [1.807, 2.05) is 57.5 Å². The van der Waals surface area contributed by atoms with Crippen LogP contribution in [-0.2, 0) is 0 Å². The third-order valence-corrected chi connectivity index (χ3v) is 5.52. The molecule has 0 radical (unpaired) electrons. The molecule has 1 aromatic heterocycles. The number of aliphatic hydroxyl groups excluding tert-OH is 1. The summed E-state index contributed by atoms with van der Waals surface area (Å²) in [7, 11) is 7.67. The number of likely N-dealkylation sites (N-methyl/N-ethyl adjacent to an activating group) is 2. The van der Waals surface area contributed by atoms with Gasteiger partial charge in [0.05, 0.1) is 36.5 Å². The standard InChI is InChI=1S/C26H36N6O3/c1-6-15-35-19-9-7-18(8-10-19)25(33)21-11-12-28-26(29-21)30-22-16-20(27)23(17-24(22)34-5)32(4)14-13-31(2)3/h7-12,16-17,25,33H,6,13-15,27H2,1-5H3,(H,28,29,30). The number of nitrogens with zero attached hydrogens (tertiary/aromatic N) is 4. The second-order valence-corrected chi connectivity index (χ2v) is 8.59. The highest BCUT2D eigenvalue weighted by molar-refractivity contribution is 5.79. The minimum absolute atomic E-state index is 0.330. The lowest BCUT2D eigenvalue weighted by Gasteiger charge is -2.24. The number of aromatic nitrogens is 2. The molecule has 3 aromatic rings.